The third kappa shape index (κ3) is 2.45. The number of fused-ring (bicyclic) bond motifs is 1. The van der Waals surface area contributed by atoms with E-state index in [-0.39, 0.29) is 5.43 Å². The third-order valence-corrected chi connectivity index (χ3v) is 3.60. The van der Waals surface area contributed by atoms with E-state index in [9.17, 15) is 9.59 Å². The summed E-state index contributed by atoms with van der Waals surface area (Å²) in [6.45, 7) is 3.10. The second-order valence-electron chi connectivity index (χ2n) is 4.56. The Morgan fingerprint density at radius 2 is 2.19 bits per heavy atom. The highest BCUT2D eigenvalue weighted by molar-refractivity contribution is 7.07. The fourth-order valence-electron chi connectivity index (χ4n) is 2.16. The van der Waals surface area contributed by atoms with Gasteiger partial charge >= 0.3 is 5.97 Å². The van der Waals surface area contributed by atoms with Gasteiger partial charge in [0.2, 0.25) is 5.43 Å². The maximum Gasteiger partial charge on any atom is 0.308 e. The average molecular weight is 301 g/mol. The zero-order valence-corrected chi connectivity index (χ0v) is 12.2. The molecule has 2 aromatic heterocycles. The van der Waals surface area contributed by atoms with E-state index in [1.165, 1.54) is 30.6 Å². The number of hydrogen-bond acceptors (Lipinski definition) is 6. The van der Waals surface area contributed by atoms with Crippen LogP contribution in [0.4, 0.5) is 0 Å². The lowest BCUT2D eigenvalue weighted by molar-refractivity contribution is -0.131. The number of aryl methyl sites for hydroxylation is 1. The van der Waals surface area contributed by atoms with Gasteiger partial charge in [-0.2, -0.15) is 0 Å². The Bertz CT molecular complexity index is 881. The summed E-state index contributed by atoms with van der Waals surface area (Å²) in [4.78, 5) is 27.7. The maximum atomic E-state index is 12.6. The Labute approximate surface area is 123 Å². The van der Waals surface area contributed by atoms with Crippen molar-refractivity contribution in [3.05, 3.63) is 45.1 Å². The van der Waals surface area contributed by atoms with Gasteiger partial charge in [-0.25, -0.2) is 4.98 Å². The Kier molecular flexibility index (Phi) is 3.31. The lowest BCUT2D eigenvalue weighted by Crippen LogP contribution is -2.08. The van der Waals surface area contributed by atoms with Crippen molar-refractivity contribution in [3.63, 3.8) is 0 Å². The Morgan fingerprint density at radius 3 is 2.86 bits per heavy atom. The monoisotopic (exact) mass is 301 g/mol. The molecule has 2 heterocycles. The second-order valence-corrected chi connectivity index (χ2v) is 5.28. The van der Waals surface area contributed by atoms with Crippen LogP contribution in [0.5, 0.6) is 5.75 Å². The van der Waals surface area contributed by atoms with Gasteiger partial charge in [0.15, 0.2) is 0 Å². The smallest absolute Gasteiger partial charge is 0.308 e. The number of thiazole rings is 1. The van der Waals surface area contributed by atoms with E-state index in [2.05, 4.69) is 4.98 Å². The number of esters is 1. The van der Waals surface area contributed by atoms with Crippen molar-refractivity contribution in [1.29, 1.82) is 0 Å². The molecule has 0 saturated carbocycles. The van der Waals surface area contributed by atoms with Crippen LogP contribution in [-0.2, 0) is 4.79 Å². The van der Waals surface area contributed by atoms with E-state index in [4.69, 9.17) is 9.15 Å². The lowest BCUT2D eigenvalue weighted by atomic mass is 10.1. The van der Waals surface area contributed by atoms with Crippen molar-refractivity contribution in [2.24, 2.45) is 0 Å². The predicted octanol–water partition coefficient (Wildman–Crippen LogP) is 3.15. The molecule has 0 fully saturated rings. The molecular formula is C15H11NO4S. The number of benzene rings is 1. The van der Waals surface area contributed by atoms with Crippen LogP contribution in [0.1, 0.15) is 12.5 Å². The third-order valence-electron chi connectivity index (χ3n) is 3.02. The van der Waals surface area contributed by atoms with Gasteiger partial charge in [0.25, 0.3) is 0 Å². The number of nitrogens with zero attached hydrogens (tertiary/aromatic N) is 1. The first-order chi connectivity index (χ1) is 10.1. The van der Waals surface area contributed by atoms with Crippen LogP contribution in [0.3, 0.4) is 0 Å². The summed E-state index contributed by atoms with van der Waals surface area (Å²) in [6.07, 6.45) is 1.39. The molecule has 21 heavy (non-hydrogen) atoms. The summed E-state index contributed by atoms with van der Waals surface area (Å²) in [6, 6.07) is 3.18. The van der Waals surface area contributed by atoms with Crippen LogP contribution in [-0.4, -0.2) is 11.0 Å². The molecule has 3 aromatic rings. The topological polar surface area (TPSA) is 69.4 Å². The van der Waals surface area contributed by atoms with E-state index >= 15 is 0 Å². The molecule has 5 nitrogen and oxygen atoms in total. The van der Waals surface area contributed by atoms with Crippen LogP contribution >= 0.6 is 11.3 Å². The number of hydrogen-bond donors (Lipinski definition) is 0. The summed E-state index contributed by atoms with van der Waals surface area (Å²) in [5.74, 6) is -0.0627. The largest absolute Gasteiger partial charge is 0.463 e. The number of rotatable bonds is 2. The molecule has 0 aliphatic carbocycles. The molecule has 0 bridgehead atoms. The van der Waals surface area contributed by atoms with E-state index in [1.807, 2.05) is 0 Å². The molecular weight excluding hydrogens is 290 g/mol. The second kappa shape index (κ2) is 5.14. The van der Waals surface area contributed by atoms with Crippen molar-refractivity contribution >= 4 is 28.3 Å². The normalized spacial score (nSPS) is 10.8. The zero-order valence-electron chi connectivity index (χ0n) is 11.4. The molecule has 0 saturated heterocycles. The van der Waals surface area contributed by atoms with Crippen LogP contribution in [0.25, 0.3) is 22.2 Å². The van der Waals surface area contributed by atoms with E-state index < -0.39 is 5.97 Å². The number of carbonyl (C=O) groups excluding carboxylic acids is 1. The minimum Gasteiger partial charge on any atom is -0.463 e. The van der Waals surface area contributed by atoms with Gasteiger partial charge in [0.05, 0.1) is 22.2 Å². The fourth-order valence-corrected chi connectivity index (χ4v) is 2.72. The zero-order chi connectivity index (χ0) is 15.0. The van der Waals surface area contributed by atoms with Gasteiger partial charge in [-0.05, 0) is 18.6 Å². The number of ether oxygens (including phenoxy) is 1. The quantitative estimate of drug-likeness (QED) is 0.537. The standard InChI is InChI=1S/C15H11NO4S/c1-8-3-10(20-9(2)17)4-13-14(8)15(18)11(5-19-13)12-6-21-7-16-12/h3-7H,1-2H3. The molecule has 0 spiro atoms. The number of aromatic nitrogens is 1. The van der Waals surface area contributed by atoms with Gasteiger partial charge < -0.3 is 9.15 Å². The number of carbonyl (C=O) groups is 1. The van der Waals surface area contributed by atoms with Crippen molar-refractivity contribution in [3.8, 4) is 17.0 Å². The molecule has 0 atom stereocenters. The maximum absolute atomic E-state index is 12.6. The minimum atomic E-state index is -0.421. The van der Waals surface area contributed by atoms with Crippen molar-refractivity contribution < 1.29 is 13.9 Å². The molecule has 0 amide bonds. The van der Waals surface area contributed by atoms with E-state index in [1.54, 1.807) is 23.9 Å². The van der Waals surface area contributed by atoms with Crippen molar-refractivity contribution in [2.45, 2.75) is 13.8 Å². The summed E-state index contributed by atoms with van der Waals surface area (Å²) in [5, 5.41) is 2.26. The minimum absolute atomic E-state index is 0.144. The lowest BCUT2D eigenvalue weighted by Gasteiger charge is -2.06. The molecule has 0 N–H and O–H groups in total. The van der Waals surface area contributed by atoms with Gasteiger partial charge in [-0.15, -0.1) is 11.3 Å². The van der Waals surface area contributed by atoms with Crippen molar-refractivity contribution in [2.75, 3.05) is 0 Å². The predicted molar refractivity (Wildman–Crippen MR) is 79.6 cm³/mol. The van der Waals surface area contributed by atoms with Gasteiger partial charge in [-0.3, -0.25) is 9.59 Å². The fraction of sp³-hybridized carbons (Fsp3) is 0.133. The van der Waals surface area contributed by atoms with Crippen LogP contribution in [0, 0.1) is 6.92 Å². The first-order valence-corrected chi connectivity index (χ1v) is 7.13. The first-order valence-electron chi connectivity index (χ1n) is 6.19. The summed E-state index contributed by atoms with van der Waals surface area (Å²) in [7, 11) is 0. The summed E-state index contributed by atoms with van der Waals surface area (Å²) < 4.78 is 10.6. The Balaban J connectivity index is 2.23. The van der Waals surface area contributed by atoms with Gasteiger partial charge in [0, 0.05) is 18.4 Å². The molecule has 6 heteroatoms. The highest BCUT2D eigenvalue weighted by atomic mass is 32.1. The van der Waals surface area contributed by atoms with Crippen LogP contribution < -0.4 is 10.2 Å². The highest BCUT2D eigenvalue weighted by Gasteiger charge is 2.14. The van der Waals surface area contributed by atoms with Gasteiger partial charge in [0.1, 0.15) is 17.6 Å². The molecule has 0 unspecified atom stereocenters. The first kappa shape index (κ1) is 13.5. The molecule has 1 aromatic carbocycles. The highest BCUT2D eigenvalue weighted by Crippen LogP contribution is 2.26. The van der Waals surface area contributed by atoms with Crippen molar-refractivity contribution in [1.82, 2.24) is 4.98 Å². The van der Waals surface area contributed by atoms with E-state index in [0.717, 1.165) is 0 Å². The SMILES string of the molecule is CC(=O)Oc1cc(C)c2c(=O)c(-c3cscn3)coc2c1. The molecule has 0 aliphatic heterocycles. The molecule has 106 valence electrons. The van der Waals surface area contributed by atoms with Crippen LogP contribution in [0.2, 0.25) is 0 Å². The molecule has 3 rings (SSSR count). The average Bonchev–Trinajstić information content (AvgIpc) is 2.91. The summed E-state index contributed by atoms with van der Waals surface area (Å²) >= 11 is 1.41. The Morgan fingerprint density at radius 1 is 1.38 bits per heavy atom. The van der Waals surface area contributed by atoms with Crippen LogP contribution in [0.15, 0.2) is 38.5 Å². The molecule has 0 aliphatic rings. The van der Waals surface area contributed by atoms with E-state index in [0.29, 0.717) is 33.5 Å². The summed E-state index contributed by atoms with van der Waals surface area (Å²) in [5.41, 5.74) is 3.61. The Hall–Kier alpha value is -2.47. The molecule has 0 radical (unpaired) electrons. The van der Waals surface area contributed by atoms with Gasteiger partial charge in [-0.1, -0.05) is 0 Å².